The lowest BCUT2D eigenvalue weighted by molar-refractivity contribution is 0.318. The summed E-state index contributed by atoms with van der Waals surface area (Å²) in [5.41, 5.74) is 1.31. The Morgan fingerprint density at radius 3 is 2.64 bits per heavy atom. The summed E-state index contributed by atoms with van der Waals surface area (Å²) in [4.78, 5) is 3.44. The minimum Gasteiger partial charge on any atom is -0.302 e. The van der Waals surface area contributed by atoms with E-state index in [1.54, 1.807) is 0 Å². The highest BCUT2D eigenvalue weighted by Crippen LogP contribution is 2.14. The molecular weight excluding hydrogens is 190 g/mol. The predicted molar refractivity (Wildman–Crippen MR) is 64.9 cm³/mol. The van der Waals surface area contributed by atoms with Crippen molar-refractivity contribution in [1.82, 2.24) is 4.90 Å². The molecule has 0 atom stereocenters. The first-order valence-electron chi connectivity index (χ1n) is 5.19. The fourth-order valence-electron chi connectivity index (χ4n) is 1.44. The maximum atomic E-state index is 4.44. The average Bonchev–Trinajstić information content (AvgIpc) is 2.18. The first-order valence-corrected chi connectivity index (χ1v) is 5.64. The molecule has 1 aromatic rings. The third-order valence-corrected chi connectivity index (χ3v) is 2.76. The van der Waals surface area contributed by atoms with E-state index >= 15 is 0 Å². The van der Waals surface area contributed by atoms with E-state index in [0.29, 0.717) is 0 Å². The summed E-state index contributed by atoms with van der Waals surface area (Å²) >= 11 is 4.44. The molecule has 0 radical (unpaired) electrons. The van der Waals surface area contributed by atoms with E-state index in [0.717, 1.165) is 11.4 Å². The van der Waals surface area contributed by atoms with Gasteiger partial charge in [-0.1, -0.05) is 31.5 Å². The molecule has 0 bridgehead atoms. The summed E-state index contributed by atoms with van der Waals surface area (Å²) in [6.45, 7) is 4.39. The van der Waals surface area contributed by atoms with Gasteiger partial charge in [0.05, 0.1) is 0 Å². The van der Waals surface area contributed by atoms with Crippen LogP contribution in [0, 0.1) is 0 Å². The van der Waals surface area contributed by atoms with Gasteiger partial charge in [0, 0.05) is 11.4 Å². The molecule has 14 heavy (non-hydrogen) atoms. The average molecular weight is 209 g/mol. The van der Waals surface area contributed by atoms with Crippen molar-refractivity contribution in [2.24, 2.45) is 0 Å². The summed E-state index contributed by atoms with van der Waals surface area (Å²) in [5, 5.41) is 0. The van der Waals surface area contributed by atoms with Gasteiger partial charge in [0.1, 0.15) is 0 Å². The fraction of sp³-hybridized carbons (Fsp3) is 0.500. The Kier molecular flexibility index (Phi) is 5.05. The van der Waals surface area contributed by atoms with Crippen molar-refractivity contribution in [3.63, 3.8) is 0 Å². The molecule has 0 aliphatic heterocycles. The molecule has 0 N–H and O–H groups in total. The number of hydrogen-bond acceptors (Lipinski definition) is 2. The summed E-state index contributed by atoms with van der Waals surface area (Å²) in [6.07, 6.45) is 2.53. The van der Waals surface area contributed by atoms with E-state index in [1.165, 1.54) is 24.9 Å². The number of benzene rings is 1. The SMILES string of the molecule is CCCCN(C)Cc1ccccc1S. The molecule has 0 unspecified atom stereocenters. The summed E-state index contributed by atoms with van der Waals surface area (Å²) in [6, 6.07) is 8.29. The number of nitrogens with zero attached hydrogens (tertiary/aromatic N) is 1. The Labute approximate surface area is 92.5 Å². The maximum Gasteiger partial charge on any atom is 0.0241 e. The molecule has 0 saturated carbocycles. The van der Waals surface area contributed by atoms with Gasteiger partial charge in [-0.05, 0) is 31.6 Å². The van der Waals surface area contributed by atoms with E-state index in [2.05, 4.69) is 43.6 Å². The molecule has 0 aliphatic carbocycles. The highest BCUT2D eigenvalue weighted by atomic mass is 32.1. The molecule has 78 valence electrons. The molecule has 1 aromatic carbocycles. The van der Waals surface area contributed by atoms with Crippen molar-refractivity contribution in [2.45, 2.75) is 31.2 Å². The number of unbranched alkanes of at least 4 members (excludes halogenated alkanes) is 1. The van der Waals surface area contributed by atoms with Crippen molar-refractivity contribution in [1.29, 1.82) is 0 Å². The molecule has 0 saturated heterocycles. The van der Waals surface area contributed by atoms with Gasteiger partial charge in [0.2, 0.25) is 0 Å². The third-order valence-electron chi connectivity index (χ3n) is 2.33. The molecule has 0 heterocycles. The van der Waals surface area contributed by atoms with Crippen LogP contribution in [0.3, 0.4) is 0 Å². The van der Waals surface area contributed by atoms with Crippen molar-refractivity contribution < 1.29 is 0 Å². The summed E-state index contributed by atoms with van der Waals surface area (Å²) in [7, 11) is 2.16. The van der Waals surface area contributed by atoms with Crippen LogP contribution in [-0.4, -0.2) is 18.5 Å². The zero-order valence-electron chi connectivity index (χ0n) is 9.03. The third kappa shape index (κ3) is 3.72. The molecule has 2 heteroatoms. The van der Waals surface area contributed by atoms with Crippen LogP contribution >= 0.6 is 12.6 Å². The summed E-state index contributed by atoms with van der Waals surface area (Å²) < 4.78 is 0. The number of rotatable bonds is 5. The van der Waals surface area contributed by atoms with Crippen molar-refractivity contribution in [3.05, 3.63) is 29.8 Å². The van der Waals surface area contributed by atoms with Gasteiger partial charge in [-0.2, -0.15) is 0 Å². The molecule has 0 aromatic heterocycles. The largest absolute Gasteiger partial charge is 0.302 e. The van der Waals surface area contributed by atoms with Crippen LogP contribution in [0.4, 0.5) is 0 Å². The lowest BCUT2D eigenvalue weighted by Gasteiger charge is -2.17. The molecule has 0 amide bonds. The Morgan fingerprint density at radius 1 is 1.29 bits per heavy atom. The minimum absolute atomic E-state index is 1.000. The van der Waals surface area contributed by atoms with E-state index in [4.69, 9.17) is 0 Å². The van der Waals surface area contributed by atoms with Crippen LogP contribution in [0.1, 0.15) is 25.3 Å². The van der Waals surface area contributed by atoms with Crippen molar-refractivity contribution in [2.75, 3.05) is 13.6 Å². The molecule has 0 aliphatic rings. The molecule has 0 spiro atoms. The minimum atomic E-state index is 1.000. The normalized spacial score (nSPS) is 10.9. The van der Waals surface area contributed by atoms with E-state index in [-0.39, 0.29) is 0 Å². The molecule has 1 rings (SSSR count). The van der Waals surface area contributed by atoms with E-state index in [1.807, 2.05) is 12.1 Å². The monoisotopic (exact) mass is 209 g/mol. The first kappa shape index (κ1) is 11.6. The van der Waals surface area contributed by atoms with Crippen LogP contribution in [0.25, 0.3) is 0 Å². The second-order valence-electron chi connectivity index (χ2n) is 3.72. The van der Waals surface area contributed by atoms with Crippen molar-refractivity contribution >= 4 is 12.6 Å². The highest BCUT2D eigenvalue weighted by molar-refractivity contribution is 7.80. The smallest absolute Gasteiger partial charge is 0.0241 e. The predicted octanol–water partition coefficient (Wildman–Crippen LogP) is 3.21. The van der Waals surface area contributed by atoms with Gasteiger partial charge >= 0.3 is 0 Å². The highest BCUT2D eigenvalue weighted by Gasteiger charge is 2.01. The first-order chi connectivity index (χ1) is 6.74. The van der Waals surface area contributed by atoms with Gasteiger partial charge in [0.25, 0.3) is 0 Å². The Balaban J connectivity index is 2.47. The van der Waals surface area contributed by atoms with Gasteiger partial charge in [0.15, 0.2) is 0 Å². The van der Waals surface area contributed by atoms with Crippen LogP contribution < -0.4 is 0 Å². The van der Waals surface area contributed by atoms with Gasteiger partial charge in [-0.3, -0.25) is 0 Å². The lowest BCUT2D eigenvalue weighted by atomic mass is 10.2. The van der Waals surface area contributed by atoms with Gasteiger partial charge in [-0.15, -0.1) is 12.6 Å². The van der Waals surface area contributed by atoms with E-state index in [9.17, 15) is 0 Å². The molecule has 0 fully saturated rings. The van der Waals surface area contributed by atoms with Crippen LogP contribution in [-0.2, 0) is 6.54 Å². The quantitative estimate of drug-likeness (QED) is 0.729. The van der Waals surface area contributed by atoms with Crippen molar-refractivity contribution in [3.8, 4) is 0 Å². The number of thiol groups is 1. The summed E-state index contributed by atoms with van der Waals surface area (Å²) in [5.74, 6) is 0. The van der Waals surface area contributed by atoms with E-state index < -0.39 is 0 Å². The number of hydrogen-bond donors (Lipinski definition) is 1. The molecule has 1 nitrogen and oxygen atoms in total. The van der Waals surface area contributed by atoms with Gasteiger partial charge < -0.3 is 4.90 Å². The topological polar surface area (TPSA) is 3.24 Å². The lowest BCUT2D eigenvalue weighted by Crippen LogP contribution is -2.19. The van der Waals surface area contributed by atoms with Crippen LogP contribution in [0.2, 0.25) is 0 Å². The van der Waals surface area contributed by atoms with Gasteiger partial charge in [-0.25, -0.2) is 0 Å². The maximum absolute atomic E-state index is 4.44. The zero-order valence-corrected chi connectivity index (χ0v) is 9.93. The zero-order chi connectivity index (χ0) is 10.4. The Bertz CT molecular complexity index is 273. The standard InChI is InChI=1S/C12H19NS/c1-3-4-9-13(2)10-11-7-5-6-8-12(11)14/h5-8,14H,3-4,9-10H2,1-2H3. The van der Waals surface area contributed by atoms with Crippen LogP contribution in [0.5, 0.6) is 0 Å². The second-order valence-corrected chi connectivity index (χ2v) is 4.20. The Hall–Kier alpha value is -0.470. The van der Waals surface area contributed by atoms with Crippen LogP contribution in [0.15, 0.2) is 29.2 Å². The second kappa shape index (κ2) is 6.10. The fourth-order valence-corrected chi connectivity index (χ4v) is 1.67. The Morgan fingerprint density at radius 2 is 2.00 bits per heavy atom. The molecular formula is C12H19NS.